The fourth-order valence-electron chi connectivity index (χ4n) is 3.47. The number of nitrogens with one attached hydrogen (secondary N) is 1. The summed E-state index contributed by atoms with van der Waals surface area (Å²) in [7, 11) is 0. The largest absolute Gasteiger partial charge is 0.322 e. The Morgan fingerprint density at radius 1 is 1.04 bits per heavy atom. The molecule has 2 heterocycles. The van der Waals surface area contributed by atoms with Crippen molar-refractivity contribution in [2.75, 3.05) is 31.5 Å². The number of rotatable bonds is 3. The van der Waals surface area contributed by atoms with E-state index in [0.717, 1.165) is 28.7 Å². The molecule has 0 atom stereocenters. The molecular formula is C20H24F2N4O. The van der Waals surface area contributed by atoms with Gasteiger partial charge in [0.05, 0.1) is 11.4 Å². The molecule has 5 nitrogen and oxygen atoms in total. The minimum Gasteiger partial charge on any atom is -0.322 e. The van der Waals surface area contributed by atoms with Gasteiger partial charge in [0.25, 0.3) is 0 Å². The molecule has 2 aromatic rings. The fraction of sp³-hybridized carbons (Fsp3) is 0.400. The summed E-state index contributed by atoms with van der Waals surface area (Å²) in [6.45, 7) is 8.63. The Labute approximate surface area is 158 Å². The van der Waals surface area contributed by atoms with Gasteiger partial charge in [0.2, 0.25) is 0 Å². The number of piperazine rings is 1. The SMILES string of the molecule is Cc1cc(C)c(NC(=O)N2CCN(Cc3cc(F)cc(F)c3)CC2)c(C)n1. The van der Waals surface area contributed by atoms with Crippen LogP contribution in [0, 0.1) is 32.4 Å². The number of nitrogens with zero attached hydrogens (tertiary/aromatic N) is 3. The summed E-state index contributed by atoms with van der Waals surface area (Å²) < 4.78 is 26.6. The van der Waals surface area contributed by atoms with Crippen LogP contribution in [-0.4, -0.2) is 47.0 Å². The Kier molecular flexibility index (Phi) is 5.70. The lowest BCUT2D eigenvalue weighted by Crippen LogP contribution is -2.49. The molecule has 0 radical (unpaired) electrons. The number of hydrogen-bond acceptors (Lipinski definition) is 3. The van der Waals surface area contributed by atoms with E-state index in [0.29, 0.717) is 38.3 Å². The number of aromatic nitrogens is 1. The zero-order chi connectivity index (χ0) is 19.6. The van der Waals surface area contributed by atoms with E-state index in [9.17, 15) is 13.6 Å². The third-order valence-electron chi connectivity index (χ3n) is 4.75. The second kappa shape index (κ2) is 8.00. The molecule has 1 fully saturated rings. The van der Waals surface area contributed by atoms with E-state index in [1.165, 1.54) is 12.1 Å². The Morgan fingerprint density at radius 3 is 2.26 bits per heavy atom. The quantitative estimate of drug-likeness (QED) is 0.892. The normalized spacial score (nSPS) is 15.1. The maximum Gasteiger partial charge on any atom is 0.321 e. The average molecular weight is 374 g/mol. The molecule has 3 rings (SSSR count). The molecule has 1 aliphatic heterocycles. The summed E-state index contributed by atoms with van der Waals surface area (Å²) >= 11 is 0. The van der Waals surface area contributed by atoms with Crippen molar-refractivity contribution in [3.05, 3.63) is 58.4 Å². The fourth-order valence-corrected chi connectivity index (χ4v) is 3.47. The van der Waals surface area contributed by atoms with Crippen LogP contribution in [0.2, 0.25) is 0 Å². The van der Waals surface area contributed by atoms with Crippen LogP contribution < -0.4 is 5.32 Å². The molecule has 1 aliphatic rings. The van der Waals surface area contributed by atoms with Gasteiger partial charge >= 0.3 is 6.03 Å². The lowest BCUT2D eigenvalue weighted by molar-refractivity contribution is 0.143. The van der Waals surface area contributed by atoms with E-state index < -0.39 is 11.6 Å². The van der Waals surface area contributed by atoms with E-state index in [1.54, 1.807) is 4.90 Å². The molecular weight excluding hydrogens is 350 g/mol. The molecule has 0 saturated carbocycles. The summed E-state index contributed by atoms with van der Waals surface area (Å²) in [5.74, 6) is -1.14. The van der Waals surface area contributed by atoms with E-state index in [1.807, 2.05) is 26.8 Å². The first-order valence-electron chi connectivity index (χ1n) is 9.00. The number of carbonyl (C=O) groups excluding carboxylic acids is 1. The minimum absolute atomic E-state index is 0.150. The van der Waals surface area contributed by atoms with E-state index in [4.69, 9.17) is 0 Å². The number of aryl methyl sites for hydroxylation is 3. The summed E-state index contributed by atoms with van der Waals surface area (Å²) in [6, 6.07) is 5.35. The summed E-state index contributed by atoms with van der Waals surface area (Å²) in [5.41, 5.74) is 4.06. The van der Waals surface area contributed by atoms with Crippen LogP contribution in [0.15, 0.2) is 24.3 Å². The first-order chi connectivity index (χ1) is 12.8. The first kappa shape index (κ1) is 19.2. The van der Waals surface area contributed by atoms with E-state index in [2.05, 4.69) is 15.2 Å². The van der Waals surface area contributed by atoms with Gasteiger partial charge in [-0.3, -0.25) is 9.88 Å². The lowest BCUT2D eigenvalue weighted by atomic mass is 10.1. The molecule has 0 bridgehead atoms. The second-order valence-corrected chi connectivity index (χ2v) is 7.01. The number of anilines is 1. The maximum absolute atomic E-state index is 13.3. The standard InChI is InChI=1S/C20H24F2N4O/c1-13-8-14(2)23-15(3)19(13)24-20(27)26-6-4-25(5-7-26)12-16-9-17(21)11-18(22)10-16/h8-11H,4-7,12H2,1-3H3,(H,24,27). The number of halogens is 2. The van der Waals surface area contributed by atoms with Crippen LogP contribution >= 0.6 is 0 Å². The van der Waals surface area contributed by atoms with Gasteiger partial charge in [-0.1, -0.05) is 0 Å². The monoisotopic (exact) mass is 374 g/mol. The predicted octanol–water partition coefficient (Wildman–Crippen LogP) is 3.63. The first-order valence-corrected chi connectivity index (χ1v) is 9.00. The molecule has 144 valence electrons. The summed E-state index contributed by atoms with van der Waals surface area (Å²) in [5, 5.41) is 2.96. The van der Waals surface area contributed by atoms with Crippen LogP contribution in [0.5, 0.6) is 0 Å². The van der Waals surface area contributed by atoms with Gasteiger partial charge in [-0.25, -0.2) is 13.6 Å². The summed E-state index contributed by atoms with van der Waals surface area (Å²) in [6.07, 6.45) is 0. The Bertz CT molecular complexity index is 805. The predicted molar refractivity (Wildman–Crippen MR) is 101 cm³/mol. The number of hydrogen-bond donors (Lipinski definition) is 1. The highest BCUT2D eigenvalue weighted by molar-refractivity contribution is 5.90. The molecule has 1 aromatic carbocycles. The molecule has 0 unspecified atom stereocenters. The van der Waals surface area contributed by atoms with Crippen molar-refractivity contribution < 1.29 is 13.6 Å². The number of amides is 2. The molecule has 1 N–H and O–H groups in total. The van der Waals surface area contributed by atoms with Gasteiger partial charge in [-0.15, -0.1) is 0 Å². The molecule has 0 spiro atoms. The van der Waals surface area contributed by atoms with E-state index in [-0.39, 0.29) is 6.03 Å². The molecule has 27 heavy (non-hydrogen) atoms. The van der Waals surface area contributed by atoms with Gasteiger partial charge in [-0.2, -0.15) is 0 Å². The van der Waals surface area contributed by atoms with Crippen molar-refractivity contribution in [2.24, 2.45) is 0 Å². The average Bonchev–Trinajstić information content (AvgIpc) is 2.57. The van der Waals surface area contributed by atoms with Crippen LogP contribution in [0.25, 0.3) is 0 Å². The number of pyridine rings is 1. The van der Waals surface area contributed by atoms with Gasteiger partial charge in [0.1, 0.15) is 11.6 Å². The third kappa shape index (κ3) is 4.80. The highest BCUT2D eigenvalue weighted by Crippen LogP contribution is 2.20. The maximum atomic E-state index is 13.3. The number of urea groups is 1. The lowest BCUT2D eigenvalue weighted by Gasteiger charge is -2.34. The minimum atomic E-state index is -0.569. The van der Waals surface area contributed by atoms with Crippen molar-refractivity contribution in [1.82, 2.24) is 14.8 Å². The molecule has 2 amide bonds. The van der Waals surface area contributed by atoms with Gasteiger partial charge in [0.15, 0.2) is 0 Å². The van der Waals surface area contributed by atoms with Gasteiger partial charge in [-0.05, 0) is 50.1 Å². The topological polar surface area (TPSA) is 48.5 Å². The van der Waals surface area contributed by atoms with Crippen LogP contribution in [0.1, 0.15) is 22.5 Å². The van der Waals surface area contributed by atoms with Crippen molar-refractivity contribution in [1.29, 1.82) is 0 Å². The molecule has 1 aromatic heterocycles. The van der Waals surface area contributed by atoms with Crippen molar-refractivity contribution in [3.8, 4) is 0 Å². The number of carbonyl (C=O) groups is 1. The van der Waals surface area contributed by atoms with Crippen molar-refractivity contribution >= 4 is 11.7 Å². The highest BCUT2D eigenvalue weighted by Gasteiger charge is 2.22. The van der Waals surface area contributed by atoms with Crippen LogP contribution in [-0.2, 0) is 6.54 Å². The molecule has 1 saturated heterocycles. The second-order valence-electron chi connectivity index (χ2n) is 7.01. The third-order valence-corrected chi connectivity index (χ3v) is 4.75. The molecule has 0 aliphatic carbocycles. The Morgan fingerprint density at radius 2 is 1.67 bits per heavy atom. The van der Waals surface area contributed by atoms with Crippen LogP contribution in [0.4, 0.5) is 19.3 Å². The smallest absolute Gasteiger partial charge is 0.321 e. The highest BCUT2D eigenvalue weighted by atomic mass is 19.1. The van der Waals surface area contributed by atoms with Crippen LogP contribution in [0.3, 0.4) is 0 Å². The number of benzene rings is 1. The van der Waals surface area contributed by atoms with E-state index >= 15 is 0 Å². The Balaban J connectivity index is 1.56. The van der Waals surface area contributed by atoms with Gasteiger partial charge < -0.3 is 10.2 Å². The van der Waals surface area contributed by atoms with Gasteiger partial charge in [0, 0.05) is 44.5 Å². The zero-order valence-electron chi connectivity index (χ0n) is 15.9. The Hall–Kier alpha value is -2.54. The zero-order valence-corrected chi connectivity index (χ0v) is 15.9. The van der Waals surface area contributed by atoms with Crippen molar-refractivity contribution in [3.63, 3.8) is 0 Å². The van der Waals surface area contributed by atoms with Crippen molar-refractivity contribution in [2.45, 2.75) is 27.3 Å². The molecule has 7 heteroatoms. The summed E-state index contributed by atoms with van der Waals surface area (Å²) in [4.78, 5) is 20.8.